The summed E-state index contributed by atoms with van der Waals surface area (Å²) in [5.41, 5.74) is 0.385. The summed E-state index contributed by atoms with van der Waals surface area (Å²) in [4.78, 5) is 24.5. The molecular weight excluding hydrogens is 369 g/mol. The summed E-state index contributed by atoms with van der Waals surface area (Å²) in [5, 5.41) is 5.14. The molecule has 0 heterocycles. The van der Waals surface area contributed by atoms with E-state index in [-0.39, 0.29) is 17.2 Å². The van der Waals surface area contributed by atoms with Gasteiger partial charge >= 0.3 is 6.18 Å². The van der Waals surface area contributed by atoms with E-state index in [1.165, 1.54) is 36.4 Å². The molecule has 2 amide bonds. The standard InChI is InChI=1S/C21H15F3N2O2/c22-21(23,24)16-5-4-8-18(13-16)26-20(28)15-11-9-14(10-12-15)19(27)25-17-6-2-1-3-7-17/h1-13H,(H,25,27)(H,26,28). The molecule has 0 aromatic heterocycles. The van der Waals surface area contributed by atoms with E-state index in [2.05, 4.69) is 10.6 Å². The first-order valence-corrected chi connectivity index (χ1v) is 8.28. The molecule has 0 aliphatic rings. The van der Waals surface area contributed by atoms with Crippen molar-refractivity contribution in [3.63, 3.8) is 0 Å². The van der Waals surface area contributed by atoms with E-state index in [9.17, 15) is 22.8 Å². The van der Waals surface area contributed by atoms with E-state index in [1.807, 2.05) is 6.07 Å². The van der Waals surface area contributed by atoms with Gasteiger partial charge in [0.25, 0.3) is 11.8 Å². The lowest BCUT2D eigenvalue weighted by Gasteiger charge is -2.10. The third kappa shape index (κ3) is 4.76. The lowest BCUT2D eigenvalue weighted by molar-refractivity contribution is -0.137. The van der Waals surface area contributed by atoms with Crippen LogP contribution in [0.2, 0.25) is 0 Å². The van der Waals surface area contributed by atoms with Crippen molar-refractivity contribution in [1.29, 1.82) is 0 Å². The highest BCUT2D eigenvalue weighted by molar-refractivity contribution is 6.07. The number of rotatable bonds is 4. The van der Waals surface area contributed by atoms with Gasteiger partial charge in [-0.3, -0.25) is 9.59 Å². The second kappa shape index (κ2) is 7.96. The van der Waals surface area contributed by atoms with Gasteiger partial charge in [-0.1, -0.05) is 24.3 Å². The Morgan fingerprint density at radius 2 is 1.14 bits per heavy atom. The van der Waals surface area contributed by atoms with Crippen molar-refractivity contribution >= 4 is 23.2 Å². The van der Waals surface area contributed by atoms with Crippen LogP contribution in [0.4, 0.5) is 24.5 Å². The van der Waals surface area contributed by atoms with Crippen molar-refractivity contribution < 1.29 is 22.8 Å². The van der Waals surface area contributed by atoms with Crippen molar-refractivity contribution in [2.45, 2.75) is 6.18 Å². The fraction of sp³-hybridized carbons (Fsp3) is 0.0476. The number of para-hydroxylation sites is 1. The minimum absolute atomic E-state index is 0.0331. The number of carbonyl (C=O) groups is 2. The molecule has 3 rings (SSSR count). The third-order valence-corrected chi connectivity index (χ3v) is 3.89. The summed E-state index contributed by atoms with van der Waals surface area (Å²) in [5.74, 6) is -0.912. The van der Waals surface area contributed by atoms with Crippen LogP contribution < -0.4 is 10.6 Å². The van der Waals surface area contributed by atoms with Gasteiger partial charge in [-0.25, -0.2) is 0 Å². The highest BCUT2D eigenvalue weighted by atomic mass is 19.4. The fourth-order valence-corrected chi connectivity index (χ4v) is 2.47. The van der Waals surface area contributed by atoms with Crippen LogP contribution in [0.5, 0.6) is 0 Å². The number of alkyl halides is 3. The van der Waals surface area contributed by atoms with Crippen LogP contribution in [0.1, 0.15) is 26.3 Å². The zero-order valence-corrected chi connectivity index (χ0v) is 14.5. The third-order valence-electron chi connectivity index (χ3n) is 3.89. The molecular formula is C21H15F3N2O2. The fourth-order valence-electron chi connectivity index (χ4n) is 2.47. The Balaban J connectivity index is 1.68. The zero-order chi connectivity index (χ0) is 20.1. The molecule has 0 spiro atoms. The Labute approximate surface area is 159 Å². The van der Waals surface area contributed by atoms with Crippen LogP contribution in [0.25, 0.3) is 0 Å². The van der Waals surface area contributed by atoms with E-state index in [0.29, 0.717) is 11.3 Å². The Morgan fingerprint density at radius 3 is 1.68 bits per heavy atom. The Kier molecular flexibility index (Phi) is 5.44. The first-order chi connectivity index (χ1) is 13.3. The maximum Gasteiger partial charge on any atom is 0.416 e. The summed E-state index contributed by atoms with van der Waals surface area (Å²) >= 11 is 0. The van der Waals surface area contributed by atoms with Gasteiger partial charge in [0, 0.05) is 22.5 Å². The van der Waals surface area contributed by atoms with E-state index < -0.39 is 17.6 Å². The Hall–Kier alpha value is -3.61. The van der Waals surface area contributed by atoms with Crippen LogP contribution >= 0.6 is 0 Å². The van der Waals surface area contributed by atoms with E-state index >= 15 is 0 Å². The number of hydrogen-bond acceptors (Lipinski definition) is 2. The monoisotopic (exact) mass is 384 g/mol. The number of benzene rings is 3. The van der Waals surface area contributed by atoms with Crippen LogP contribution in [-0.4, -0.2) is 11.8 Å². The average Bonchev–Trinajstić information content (AvgIpc) is 2.68. The number of hydrogen-bond donors (Lipinski definition) is 2. The molecule has 0 saturated carbocycles. The number of amides is 2. The van der Waals surface area contributed by atoms with Gasteiger partial charge in [-0.05, 0) is 54.6 Å². The van der Waals surface area contributed by atoms with E-state index in [0.717, 1.165) is 12.1 Å². The predicted octanol–water partition coefficient (Wildman–Crippen LogP) is 5.21. The largest absolute Gasteiger partial charge is 0.416 e. The maximum absolute atomic E-state index is 12.8. The van der Waals surface area contributed by atoms with Gasteiger partial charge in [0.1, 0.15) is 0 Å². The molecule has 3 aromatic carbocycles. The van der Waals surface area contributed by atoms with Gasteiger partial charge in [0.2, 0.25) is 0 Å². The summed E-state index contributed by atoms with van der Waals surface area (Å²) in [6.45, 7) is 0. The molecule has 0 unspecified atom stereocenters. The second-order valence-electron chi connectivity index (χ2n) is 5.93. The van der Waals surface area contributed by atoms with Gasteiger partial charge in [0.05, 0.1) is 5.56 Å². The quantitative estimate of drug-likeness (QED) is 0.649. The van der Waals surface area contributed by atoms with Gasteiger partial charge < -0.3 is 10.6 Å². The number of carbonyl (C=O) groups excluding carboxylic acids is 2. The molecule has 0 saturated heterocycles. The normalized spacial score (nSPS) is 11.0. The highest BCUT2D eigenvalue weighted by Crippen LogP contribution is 2.30. The number of anilines is 2. The Bertz CT molecular complexity index is 985. The van der Waals surface area contributed by atoms with Gasteiger partial charge in [-0.15, -0.1) is 0 Å². The van der Waals surface area contributed by atoms with Crippen molar-refractivity contribution in [2.75, 3.05) is 10.6 Å². The molecule has 7 heteroatoms. The zero-order valence-electron chi connectivity index (χ0n) is 14.5. The highest BCUT2D eigenvalue weighted by Gasteiger charge is 2.30. The van der Waals surface area contributed by atoms with Crippen molar-refractivity contribution in [1.82, 2.24) is 0 Å². The second-order valence-corrected chi connectivity index (χ2v) is 5.93. The van der Waals surface area contributed by atoms with Crippen molar-refractivity contribution in [3.8, 4) is 0 Å². The molecule has 3 aromatic rings. The Morgan fingerprint density at radius 1 is 0.643 bits per heavy atom. The predicted molar refractivity (Wildman–Crippen MR) is 100 cm³/mol. The molecule has 142 valence electrons. The molecule has 0 bridgehead atoms. The molecule has 28 heavy (non-hydrogen) atoms. The first-order valence-electron chi connectivity index (χ1n) is 8.28. The van der Waals surface area contributed by atoms with Crippen LogP contribution in [0.15, 0.2) is 78.9 Å². The smallest absolute Gasteiger partial charge is 0.322 e. The van der Waals surface area contributed by atoms with Gasteiger partial charge in [0.15, 0.2) is 0 Å². The molecule has 0 atom stereocenters. The van der Waals surface area contributed by atoms with Crippen molar-refractivity contribution in [3.05, 3.63) is 95.6 Å². The van der Waals surface area contributed by atoms with Crippen LogP contribution in [0.3, 0.4) is 0 Å². The first kappa shape index (κ1) is 19.2. The van der Waals surface area contributed by atoms with Crippen LogP contribution in [0, 0.1) is 0 Å². The molecule has 0 fully saturated rings. The molecule has 0 aliphatic carbocycles. The molecule has 0 aliphatic heterocycles. The SMILES string of the molecule is O=C(Nc1ccccc1)c1ccc(C(=O)Nc2cccc(C(F)(F)F)c2)cc1. The minimum atomic E-state index is -4.49. The lowest BCUT2D eigenvalue weighted by atomic mass is 10.1. The summed E-state index contributed by atoms with van der Waals surface area (Å²) in [6, 6.07) is 19.1. The number of halogens is 3. The molecule has 2 N–H and O–H groups in total. The van der Waals surface area contributed by atoms with Crippen LogP contribution in [-0.2, 0) is 6.18 Å². The molecule has 4 nitrogen and oxygen atoms in total. The minimum Gasteiger partial charge on any atom is -0.322 e. The number of nitrogens with one attached hydrogen (secondary N) is 2. The van der Waals surface area contributed by atoms with E-state index in [4.69, 9.17) is 0 Å². The maximum atomic E-state index is 12.8. The summed E-state index contributed by atoms with van der Waals surface area (Å²) < 4.78 is 38.3. The lowest BCUT2D eigenvalue weighted by Crippen LogP contribution is -2.15. The van der Waals surface area contributed by atoms with Crippen molar-refractivity contribution in [2.24, 2.45) is 0 Å². The topological polar surface area (TPSA) is 58.2 Å². The van der Waals surface area contributed by atoms with Gasteiger partial charge in [-0.2, -0.15) is 13.2 Å². The average molecular weight is 384 g/mol. The molecule has 0 radical (unpaired) electrons. The van der Waals surface area contributed by atoms with E-state index in [1.54, 1.807) is 24.3 Å². The summed E-state index contributed by atoms with van der Waals surface area (Å²) in [6.07, 6.45) is -4.49. The summed E-state index contributed by atoms with van der Waals surface area (Å²) in [7, 11) is 0.